The molecule has 0 aliphatic heterocycles. The highest BCUT2D eigenvalue weighted by Gasteiger charge is 2.16. The first-order chi connectivity index (χ1) is 17.9. The Morgan fingerprint density at radius 2 is 0.778 bits per heavy atom. The summed E-state index contributed by atoms with van der Waals surface area (Å²) in [5.74, 6) is 0. The van der Waals surface area contributed by atoms with E-state index >= 15 is 0 Å². The SMILES string of the molecule is c1ccc(/C(=C(\c2ccccc2)c2ccc(-n3ccnc3)cc2)c2ccc(-n3ccnc3)cc2)cc1. The Balaban J connectivity index is 1.57. The highest BCUT2D eigenvalue weighted by atomic mass is 15.0. The first kappa shape index (κ1) is 21.6. The first-order valence-electron chi connectivity index (χ1n) is 11.9. The van der Waals surface area contributed by atoms with E-state index in [9.17, 15) is 0 Å². The molecule has 0 atom stereocenters. The Labute approximate surface area is 210 Å². The third-order valence-corrected chi connectivity index (χ3v) is 6.29. The monoisotopic (exact) mass is 464 g/mol. The summed E-state index contributed by atoms with van der Waals surface area (Å²) in [5.41, 5.74) is 9.19. The molecule has 6 aromatic rings. The first-order valence-corrected chi connectivity index (χ1v) is 11.9. The van der Waals surface area contributed by atoms with E-state index in [2.05, 4.69) is 119 Å². The fourth-order valence-electron chi connectivity index (χ4n) is 4.54. The Hall–Kier alpha value is -4.96. The van der Waals surface area contributed by atoms with Crippen LogP contribution in [0.3, 0.4) is 0 Å². The molecule has 4 aromatic carbocycles. The molecule has 36 heavy (non-hydrogen) atoms. The van der Waals surface area contributed by atoms with Gasteiger partial charge in [-0.3, -0.25) is 0 Å². The number of imidazole rings is 2. The minimum absolute atomic E-state index is 1.08. The summed E-state index contributed by atoms with van der Waals surface area (Å²) in [5, 5.41) is 0. The summed E-state index contributed by atoms with van der Waals surface area (Å²) in [4.78, 5) is 8.37. The second-order valence-corrected chi connectivity index (χ2v) is 8.52. The number of benzene rings is 4. The molecule has 0 N–H and O–H groups in total. The van der Waals surface area contributed by atoms with Gasteiger partial charge in [0.05, 0.1) is 12.7 Å². The number of rotatable bonds is 6. The molecule has 0 saturated heterocycles. The minimum atomic E-state index is 1.08. The molecule has 4 nitrogen and oxygen atoms in total. The summed E-state index contributed by atoms with van der Waals surface area (Å²) >= 11 is 0. The van der Waals surface area contributed by atoms with Crippen LogP contribution in [0.1, 0.15) is 22.3 Å². The van der Waals surface area contributed by atoms with Gasteiger partial charge in [0.1, 0.15) is 0 Å². The second-order valence-electron chi connectivity index (χ2n) is 8.52. The van der Waals surface area contributed by atoms with Crippen LogP contribution in [0.5, 0.6) is 0 Å². The molecule has 0 saturated carbocycles. The van der Waals surface area contributed by atoms with Crippen molar-refractivity contribution in [2.45, 2.75) is 0 Å². The maximum absolute atomic E-state index is 4.18. The van der Waals surface area contributed by atoms with Crippen LogP contribution >= 0.6 is 0 Å². The van der Waals surface area contributed by atoms with Gasteiger partial charge in [-0.15, -0.1) is 0 Å². The third kappa shape index (κ3) is 4.28. The van der Waals surface area contributed by atoms with Crippen LogP contribution in [0, 0.1) is 0 Å². The van der Waals surface area contributed by atoms with Crippen molar-refractivity contribution in [3.8, 4) is 11.4 Å². The lowest BCUT2D eigenvalue weighted by Crippen LogP contribution is -1.99. The normalized spacial score (nSPS) is 11.8. The van der Waals surface area contributed by atoms with Crippen LogP contribution in [-0.2, 0) is 0 Å². The molecular formula is C32H24N4. The molecule has 0 unspecified atom stereocenters. The van der Waals surface area contributed by atoms with Gasteiger partial charge in [0, 0.05) is 36.2 Å². The molecule has 172 valence electrons. The Morgan fingerprint density at radius 3 is 1.11 bits per heavy atom. The van der Waals surface area contributed by atoms with Crippen LogP contribution in [-0.4, -0.2) is 19.1 Å². The quantitative estimate of drug-likeness (QED) is 0.247. The predicted molar refractivity (Wildman–Crippen MR) is 145 cm³/mol. The van der Waals surface area contributed by atoms with E-state index in [0.717, 1.165) is 22.5 Å². The Kier molecular flexibility index (Phi) is 5.83. The smallest absolute Gasteiger partial charge is 0.0991 e. The maximum atomic E-state index is 4.18. The molecule has 0 spiro atoms. The van der Waals surface area contributed by atoms with E-state index in [1.807, 2.05) is 34.2 Å². The predicted octanol–water partition coefficient (Wildman–Crippen LogP) is 7.07. The Bertz CT molecular complexity index is 1440. The minimum Gasteiger partial charge on any atom is -0.306 e. The van der Waals surface area contributed by atoms with Gasteiger partial charge in [0.2, 0.25) is 0 Å². The molecule has 0 fully saturated rings. The average molecular weight is 465 g/mol. The molecule has 0 radical (unpaired) electrons. The molecule has 4 heteroatoms. The van der Waals surface area contributed by atoms with Crippen molar-refractivity contribution >= 4 is 11.1 Å². The second kappa shape index (κ2) is 9.72. The molecule has 0 amide bonds. The molecule has 6 rings (SSSR count). The molecular weight excluding hydrogens is 440 g/mol. The van der Waals surface area contributed by atoms with E-state index in [-0.39, 0.29) is 0 Å². The average Bonchev–Trinajstić information content (AvgIpc) is 3.69. The number of hydrogen-bond donors (Lipinski definition) is 0. The van der Waals surface area contributed by atoms with Crippen molar-refractivity contribution in [2.75, 3.05) is 0 Å². The van der Waals surface area contributed by atoms with Crippen LogP contribution in [0.15, 0.2) is 147 Å². The van der Waals surface area contributed by atoms with Crippen molar-refractivity contribution in [1.82, 2.24) is 19.1 Å². The van der Waals surface area contributed by atoms with Gasteiger partial charge in [-0.25, -0.2) is 9.97 Å². The maximum Gasteiger partial charge on any atom is 0.0991 e. The van der Waals surface area contributed by atoms with E-state index in [4.69, 9.17) is 0 Å². The summed E-state index contributed by atoms with van der Waals surface area (Å²) < 4.78 is 4.03. The molecule has 2 aromatic heterocycles. The highest BCUT2D eigenvalue weighted by molar-refractivity contribution is 6.04. The lowest BCUT2D eigenvalue weighted by molar-refractivity contribution is 1.06. The van der Waals surface area contributed by atoms with Crippen molar-refractivity contribution < 1.29 is 0 Å². The standard InChI is InChI=1S/C32H24N4/c1-3-7-25(8-4-1)31(27-11-15-29(16-12-27)35-21-19-33-23-35)32(26-9-5-2-6-10-26)28-13-17-30(18-14-28)36-22-20-34-24-36/h1-24H/b32-31-. The van der Waals surface area contributed by atoms with Gasteiger partial charge < -0.3 is 9.13 Å². The van der Waals surface area contributed by atoms with Gasteiger partial charge in [0.15, 0.2) is 0 Å². The van der Waals surface area contributed by atoms with E-state index in [0.29, 0.717) is 0 Å². The summed E-state index contributed by atoms with van der Waals surface area (Å²) in [6.45, 7) is 0. The molecule has 2 heterocycles. The number of nitrogens with zero attached hydrogens (tertiary/aromatic N) is 4. The van der Waals surface area contributed by atoms with Gasteiger partial charge >= 0.3 is 0 Å². The van der Waals surface area contributed by atoms with Gasteiger partial charge in [-0.2, -0.15) is 0 Å². The van der Waals surface area contributed by atoms with Gasteiger partial charge in [-0.05, 0) is 57.7 Å². The van der Waals surface area contributed by atoms with Crippen LogP contribution in [0.2, 0.25) is 0 Å². The van der Waals surface area contributed by atoms with E-state index in [1.165, 1.54) is 22.3 Å². The van der Waals surface area contributed by atoms with E-state index < -0.39 is 0 Å². The highest BCUT2D eigenvalue weighted by Crippen LogP contribution is 2.37. The number of hydrogen-bond acceptors (Lipinski definition) is 2. The zero-order valence-corrected chi connectivity index (χ0v) is 19.6. The van der Waals surface area contributed by atoms with Crippen LogP contribution in [0.25, 0.3) is 22.5 Å². The summed E-state index contributed by atoms with van der Waals surface area (Å²) in [6.07, 6.45) is 11.1. The lowest BCUT2D eigenvalue weighted by atomic mass is 9.85. The molecule has 0 bridgehead atoms. The zero-order valence-electron chi connectivity index (χ0n) is 19.6. The van der Waals surface area contributed by atoms with Crippen molar-refractivity contribution in [3.05, 3.63) is 169 Å². The van der Waals surface area contributed by atoms with E-state index in [1.54, 1.807) is 12.4 Å². The van der Waals surface area contributed by atoms with Crippen molar-refractivity contribution in [3.63, 3.8) is 0 Å². The topological polar surface area (TPSA) is 35.6 Å². The Morgan fingerprint density at radius 1 is 0.417 bits per heavy atom. The van der Waals surface area contributed by atoms with Crippen LogP contribution in [0.4, 0.5) is 0 Å². The fourth-order valence-corrected chi connectivity index (χ4v) is 4.54. The van der Waals surface area contributed by atoms with Crippen LogP contribution < -0.4 is 0 Å². The van der Waals surface area contributed by atoms with Crippen molar-refractivity contribution in [2.24, 2.45) is 0 Å². The lowest BCUT2D eigenvalue weighted by Gasteiger charge is -2.19. The largest absolute Gasteiger partial charge is 0.306 e. The third-order valence-electron chi connectivity index (χ3n) is 6.29. The zero-order chi connectivity index (χ0) is 24.2. The van der Waals surface area contributed by atoms with Crippen molar-refractivity contribution in [1.29, 1.82) is 0 Å². The summed E-state index contributed by atoms with van der Waals surface area (Å²) in [6, 6.07) is 38.6. The number of aromatic nitrogens is 4. The fraction of sp³-hybridized carbons (Fsp3) is 0. The van der Waals surface area contributed by atoms with Gasteiger partial charge in [-0.1, -0.05) is 84.9 Å². The summed E-state index contributed by atoms with van der Waals surface area (Å²) in [7, 11) is 0. The van der Waals surface area contributed by atoms with Gasteiger partial charge in [0.25, 0.3) is 0 Å². The molecule has 0 aliphatic rings. The molecule has 0 aliphatic carbocycles.